The van der Waals surface area contributed by atoms with E-state index in [9.17, 15) is 23.3 Å². The van der Waals surface area contributed by atoms with Gasteiger partial charge < -0.3 is 29.2 Å². The molecule has 3 aromatic carbocycles. The van der Waals surface area contributed by atoms with Crippen molar-refractivity contribution in [2.45, 2.75) is 31.8 Å². The van der Waals surface area contributed by atoms with E-state index in [1.54, 1.807) is 16.7 Å². The first-order valence-electron chi connectivity index (χ1n) is 15.3. The van der Waals surface area contributed by atoms with Crippen LogP contribution in [0.4, 0.5) is 24.7 Å². The summed E-state index contributed by atoms with van der Waals surface area (Å²) in [5.41, 5.74) is 2.34. The van der Waals surface area contributed by atoms with Gasteiger partial charge in [-0.2, -0.15) is 13.2 Å². The third-order valence-electron chi connectivity index (χ3n) is 8.11. The molecule has 0 spiro atoms. The molecule has 4 aromatic rings. The van der Waals surface area contributed by atoms with Crippen LogP contribution in [-0.2, 0) is 19.3 Å². The molecule has 0 unspecified atom stereocenters. The van der Waals surface area contributed by atoms with Gasteiger partial charge in [0, 0.05) is 56.4 Å². The topological polar surface area (TPSA) is 95.1 Å². The molecule has 6 rings (SSSR count). The Kier molecular flexibility index (Phi) is 9.62. The number of hydrogen-bond acceptors (Lipinski definition) is 8. The van der Waals surface area contributed by atoms with Gasteiger partial charge >= 0.3 is 18.0 Å². The number of ether oxygens (including phenoxy) is 3. The maximum Gasteiger partial charge on any atom is 0.416 e. The summed E-state index contributed by atoms with van der Waals surface area (Å²) in [6, 6.07) is 21.2. The van der Waals surface area contributed by atoms with E-state index >= 15 is 0 Å². The number of piperazine rings is 1. The lowest BCUT2D eigenvalue weighted by molar-refractivity contribution is -0.389. The quantitative estimate of drug-likeness (QED) is 0.135. The van der Waals surface area contributed by atoms with E-state index in [0.29, 0.717) is 31.7 Å². The zero-order valence-corrected chi connectivity index (χ0v) is 25.5. The Morgan fingerprint density at radius 3 is 2.28 bits per heavy atom. The summed E-state index contributed by atoms with van der Waals surface area (Å²) in [5, 5.41) is 11.0. The van der Waals surface area contributed by atoms with Crippen molar-refractivity contribution in [2.24, 2.45) is 0 Å². The Bertz CT molecular complexity index is 1670. The van der Waals surface area contributed by atoms with Gasteiger partial charge in [-0.05, 0) is 70.7 Å². The van der Waals surface area contributed by atoms with Crippen molar-refractivity contribution in [3.63, 3.8) is 0 Å². The third-order valence-corrected chi connectivity index (χ3v) is 8.11. The molecule has 2 aliphatic heterocycles. The molecule has 0 bridgehead atoms. The molecule has 0 N–H and O–H groups in total. The minimum absolute atomic E-state index is 0.218. The lowest BCUT2D eigenvalue weighted by Gasteiger charge is -2.36. The molecule has 3 heterocycles. The summed E-state index contributed by atoms with van der Waals surface area (Å²) in [5.74, 6) is 1.25. The Labute approximate surface area is 269 Å². The molecule has 0 amide bonds. The second-order valence-corrected chi connectivity index (χ2v) is 11.4. The minimum atomic E-state index is -4.34. The van der Waals surface area contributed by atoms with E-state index in [1.165, 1.54) is 23.9 Å². The molecule has 1 aromatic heterocycles. The van der Waals surface area contributed by atoms with Crippen LogP contribution >= 0.6 is 0 Å². The molecular weight excluding hydrogens is 615 g/mol. The fraction of sp³-hybridized carbons (Fsp3) is 0.324. The van der Waals surface area contributed by atoms with Crippen LogP contribution in [0.3, 0.4) is 0 Å². The van der Waals surface area contributed by atoms with Gasteiger partial charge in [0.15, 0.2) is 0 Å². The lowest BCUT2D eigenvalue weighted by Crippen LogP contribution is -2.45. The van der Waals surface area contributed by atoms with E-state index in [0.717, 1.165) is 62.0 Å². The van der Waals surface area contributed by atoms with Gasteiger partial charge in [0.1, 0.15) is 37.0 Å². The number of anilines is 1. The molecule has 47 heavy (non-hydrogen) atoms. The maximum atomic E-state index is 12.7. The van der Waals surface area contributed by atoms with Crippen LogP contribution in [0.5, 0.6) is 17.5 Å². The van der Waals surface area contributed by atoms with Crippen LogP contribution in [0.1, 0.15) is 23.1 Å². The van der Waals surface area contributed by atoms with Crippen LogP contribution in [-0.4, -0.2) is 64.9 Å². The first-order valence-corrected chi connectivity index (χ1v) is 15.3. The summed E-state index contributed by atoms with van der Waals surface area (Å²) < 4.78 is 57.3. The standard InChI is InChI=1S/C34H34F3N5O5/c35-34(36,37)27-7-3-25(4-8-27)2-1-21-45-29-11-5-26(6-12-29)22-39-17-19-40(20-18-39)28-9-13-30(14-10-28)46-24-31-15-16-41-23-32(42(43)44)38-33(41)47-31/h1-14,23,31H,15-22,24H2/t31-/m1/s1. The summed E-state index contributed by atoms with van der Waals surface area (Å²) in [6.45, 7) is 5.73. The predicted molar refractivity (Wildman–Crippen MR) is 170 cm³/mol. The minimum Gasteiger partial charge on any atom is -0.490 e. The van der Waals surface area contributed by atoms with Gasteiger partial charge in [0.05, 0.1) is 5.56 Å². The average Bonchev–Trinajstić information content (AvgIpc) is 3.51. The van der Waals surface area contributed by atoms with E-state index in [4.69, 9.17) is 14.2 Å². The third kappa shape index (κ3) is 8.41. The summed E-state index contributed by atoms with van der Waals surface area (Å²) >= 11 is 0. The molecule has 1 atom stereocenters. The van der Waals surface area contributed by atoms with Crippen LogP contribution in [0.2, 0.25) is 0 Å². The highest BCUT2D eigenvalue weighted by Crippen LogP contribution is 2.29. The number of alkyl halides is 3. The Balaban J connectivity index is 0.895. The van der Waals surface area contributed by atoms with Gasteiger partial charge in [-0.25, -0.2) is 0 Å². The Morgan fingerprint density at radius 1 is 0.915 bits per heavy atom. The van der Waals surface area contributed by atoms with Crippen molar-refractivity contribution in [3.8, 4) is 17.5 Å². The normalized spacial score (nSPS) is 16.9. The Morgan fingerprint density at radius 2 is 1.60 bits per heavy atom. The van der Waals surface area contributed by atoms with Crippen molar-refractivity contribution in [1.82, 2.24) is 14.5 Å². The molecule has 0 radical (unpaired) electrons. The second-order valence-electron chi connectivity index (χ2n) is 11.4. The number of imidazole rings is 1. The summed E-state index contributed by atoms with van der Waals surface area (Å²) in [7, 11) is 0. The zero-order chi connectivity index (χ0) is 32.8. The SMILES string of the molecule is O=[N+]([O-])c1cn2c(n1)O[C@@H](COc1ccc(N3CCN(Cc4ccc(OCC=Cc5ccc(C(F)(F)F)cc5)cc4)CC3)cc1)CC2. The number of aryl methyl sites for hydroxylation is 1. The van der Waals surface area contributed by atoms with Crippen molar-refractivity contribution in [2.75, 3.05) is 44.3 Å². The molecular formula is C34H34F3N5O5. The van der Waals surface area contributed by atoms with Crippen LogP contribution < -0.4 is 19.1 Å². The van der Waals surface area contributed by atoms with Crippen molar-refractivity contribution in [1.29, 1.82) is 0 Å². The first kappa shape index (κ1) is 31.9. The number of nitrogens with zero attached hydrogens (tertiary/aromatic N) is 5. The number of halogens is 3. The van der Waals surface area contributed by atoms with Crippen LogP contribution in [0, 0.1) is 10.1 Å². The summed E-state index contributed by atoms with van der Waals surface area (Å²) in [4.78, 5) is 19.1. The Hall–Kier alpha value is -5.04. The molecule has 0 aliphatic carbocycles. The fourth-order valence-electron chi connectivity index (χ4n) is 5.50. The van der Waals surface area contributed by atoms with E-state index in [2.05, 4.69) is 39.0 Å². The van der Waals surface area contributed by atoms with E-state index in [1.807, 2.05) is 24.3 Å². The molecule has 10 nitrogen and oxygen atoms in total. The number of hydrogen-bond donors (Lipinski definition) is 0. The molecule has 1 fully saturated rings. The molecule has 13 heteroatoms. The predicted octanol–water partition coefficient (Wildman–Crippen LogP) is 6.45. The molecule has 246 valence electrons. The van der Waals surface area contributed by atoms with Crippen LogP contribution in [0.25, 0.3) is 6.08 Å². The highest BCUT2D eigenvalue weighted by molar-refractivity contribution is 5.50. The first-order chi connectivity index (χ1) is 22.7. The van der Waals surface area contributed by atoms with Gasteiger partial charge in [0.2, 0.25) is 0 Å². The number of fused-ring (bicyclic) bond motifs is 1. The molecule has 0 saturated carbocycles. The zero-order valence-electron chi connectivity index (χ0n) is 25.5. The monoisotopic (exact) mass is 649 g/mol. The average molecular weight is 650 g/mol. The van der Waals surface area contributed by atoms with Gasteiger partial charge in [0.25, 0.3) is 0 Å². The van der Waals surface area contributed by atoms with Gasteiger partial charge in [-0.1, -0.05) is 30.3 Å². The number of nitro groups is 1. The van der Waals surface area contributed by atoms with Gasteiger partial charge in [-0.3, -0.25) is 9.47 Å². The fourth-order valence-corrected chi connectivity index (χ4v) is 5.50. The highest BCUT2D eigenvalue weighted by atomic mass is 19.4. The van der Waals surface area contributed by atoms with E-state index < -0.39 is 16.7 Å². The second kappa shape index (κ2) is 14.2. The highest BCUT2D eigenvalue weighted by Gasteiger charge is 2.30. The molecule has 1 saturated heterocycles. The molecule has 2 aliphatic rings. The van der Waals surface area contributed by atoms with Crippen LogP contribution in [0.15, 0.2) is 85.1 Å². The van der Waals surface area contributed by atoms with Crippen molar-refractivity contribution >= 4 is 17.6 Å². The van der Waals surface area contributed by atoms with Crippen molar-refractivity contribution in [3.05, 3.63) is 112 Å². The van der Waals surface area contributed by atoms with E-state index in [-0.39, 0.29) is 17.9 Å². The maximum absolute atomic E-state index is 12.7. The lowest BCUT2D eigenvalue weighted by atomic mass is 10.1. The largest absolute Gasteiger partial charge is 0.490 e. The smallest absolute Gasteiger partial charge is 0.416 e. The number of aromatic nitrogens is 2. The van der Waals surface area contributed by atoms with Gasteiger partial charge in [-0.15, -0.1) is 0 Å². The van der Waals surface area contributed by atoms with Crippen molar-refractivity contribution < 1.29 is 32.3 Å². The number of rotatable bonds is 11. The summed E-state index contributed by atoms with van der Waals surface area (Å²) in [6.07, 6.45) is 1.01. The number of benzene rings is 3.